The van der Waals surface area contributed by atoms with Crippen LogP contribution >= 0.6 is 11.3 Å². The third-order valence-corrected chi connectivity index (χ3v) is 3.14. The van der Waals surface area contributed by atoms with Gasteiger partial charge in [-0.2, -0.15) is 0 Å². The third kappa shape index (κ3) is 3.60. The molecule has 0 saturated heterocycles. The molecule has 1 rings (SSSR count). The Morgan fingerprint density at radius 3 is 2.93 bits per heavy atom. The molecule has 3 N–H and O–H groups in total. The summed E-state index contributed by atoms with van der Waals surface area (Å²) in [6.07, 6.45) is 2.59. The number of amides is 1. The summed E-state index contributed by atoms with van der Waals surface area (Å²) in [4.78, 5) is 16.9. The molecular weight excluding hydrogens is 210 g/mol. The number of rotatable bonds is 5. The van der Waals surface area contributed by atoms with E-state index in [1.807, 2.05) is 20.0 Å². The zero-order chi connectivity index (χ0) is 11.3. The average Bonchev–Trinajstić information content (AvgIpc) is 2.63. The van der Waals surface area contributed by atoms with Gasteiger partial charge in [-0.3, -0.25) is 4.79 Å². The van der Waals surface area contributed by atoms with Crippen molar-refractivity contribution in [3.8, 4) is 0 Å². The van der Waals surface area contributed by atoms with Gasteiger partial charge in [-0.1, -0.05) is 6.92 Å². The van der Waals surface area contributed by atoms with E-state index < -0.39 is 0 Å². The van der Waals surface area contributed by atoms with Crippen LogP contribution in [0.2, 0.25) is 0 Å². The first-order valence-corrected chi connectivity index (χ1v) is 5.88. The van der Waals surface area contributed by atoms with E-state index in [1.165, 1.54) is 0 Å². The lowest BCUT2D eigenvalue weighted by Crippen LogP contribution is -2.34. The highest BCUT2D eigenvalue weighted by molar-refractivity contribution is 7.11. The molecule has 1 atom stereocenters. The number of hydrogen-bond acceptors (Lipinski definition) is 4. The van der Waals surface area contributed by atoms with Crippen molar-refractivity contribution in [2.75, 3.05) is 6.54 Å². The van der Waals surface area contributed by atoms with Crippen molar-refractivity contribution in [1.82, 2.24) is 10.3 Å². The molecule has 0 aliphatic heterocycles. The highest BCUT2D eigenvalue weighted by Gasteiger charge is 2.14. The molecule has 0 fully saturated rings. The first-order valence-electron chi connectivity index (χ1n) is 5.06. The number of carbonyl (C=O) groups excluding carboxylic acids is 1. The van der Waals surface area contributed by atoms with E-state index in [9.17, 15) is 4.79 Å². The van der Waals surface area contributed by atoms with Crippen LogP contribution in [0.3, 0.4) is 0 Å². The SMILES string of the molecule is CCC(CN)C(=O)NCc1ncc(C)s1. The van der Waals surface area contributed by atoms with Gasteiger partial charge in [-0.15, -0.1) is 11.3 Å². The van der Waals surface area contributed by atoms with E-state index in [4.69, 9.17) is 5.73 Å². The van der Waals surface area contributed by atoms with Crippen LogP contribution in [-0.4, -0.2) is 17.4 Å². The second-order valence-electron chi connectivity index (χ2n) is 3.42. The highest BCUT2D eigenvalue weighted by Crippen LogP contribution is 2.10. The molecule has 0 bridgehead atoms. The lowest BCUT2D eigenvalue weighted by Gasteiger charge is -2.11. The number of aryl methyl sites for hydroxylation is 1. The molecular formula is C10H17N3OS. The smallest absolute Gasteiger partial charge is 0.224 e. The number of aromatic nitrogens is 1. The fourth-order valence-corrected chi connectivity index (χ4v) is 1.98. The minimum absolute atomic E-state index is 0.0212. The maximum absolute atomic E-state index is 11.6. The molecule has 1 heterocycles. The Morgan fingerprint density at radius 1 is 1.73 bits per heavy atom. The molecule has 0 saturated carbocycles. The summed E-state index contributed by atoms with van der Waals surface area (Å²) in [5.41, 5.74) is 5.48. The molecule has 5 heteroatoms. The van der Waals surface area contributed by atoms with Crippen LogP contribution in [0.5, 0.6) is 0 Å². The van der Waals surface area contributed by atoms with Gasteiger partial charge in [0.05, 0.1) is 6.54 Å². The fraction of sp³-hybridized carbons (Fsp3) is 0.600. The van der Waals surface area contributed by atoms with Crippen LogP contribution in [0.25, 0.3) is 0 Å². The van der Waals surface area contributed by atoms with Crippen molar-refractivity contribution < 1.29 is 4.79 Å². The topological polar surface area (TPSA) is 68.0 Å². The minimum atomic E-state index is -0.0777. The number of nitrogens with two attached hydrogens (primary N) is 1. The lowest BCUT2D eigenvalue weighted by molar-refractivity contribution is -0.124. The zero-order valence-corrected chi connectivity index (χ0v) is 9.93. The second-order valence-corrected chi connectivity index (χ2v) is 4.74. The first-order chi connectivity index (χ1) is 7.17. The summed E-state index contributed by atoms with van der Waals surface area (Å²) in [5, 5.41) is 3.78. The number of nitrogens with one attached hydrogen (secondary N) is 1. The number of carbonyl (C=O) groups is 1. The van der Waals surface area contributed by atoms with Crippen molar-refractivity contribution in [3.05, 3.63) is 16.1 Å². The molecule has 1 amide bonds. The van der Waals surface area contributed by atoms with Crippen molar-refractivity contribution >= 4 is 17.2 Å². The fourth-order valence-electron chi connectivity index (χ4n) is 1.25. The number of nitrogens with zero attached hydrogens (tertiary/aromatic N) is 1. The van der Waals surface area contributed by atoms with Crippen LogP contribution in [0.15, 0.2) is 6.20 Å². The average molecular weight is 227 g/mol. The van der Waals surface area contributed by atoms with E-state index in [0.717, 1.165) is 16.3 Å². The maximum atomic E-state index is 11.6. The monoisotopic (exact) mass is 227 g/mol. The molecule has 15 heavy (non-hydrogen) atoms. The molecule has 84 valence electrons. The normalized spacial score (nSPS) is 12.5. The predicted molar refractivity (Wildman–Crippen MR) is 61.5 cm³/mol. The summed E-state index contributed by atoms with van der Waals surface area (Å²) >= 11 is 1.60. The zero-order valence-electron chi connectivity index (χ0n) is 9.12. The van der Waals surface area contributed by atoms with Gasteiger partial charge >= 0.3 is 0 Å². The summed E-state index contributed by atoms with van der Waals surface area (Å²) in [7, 11) is 0. The summed E-state index contributed by atoms with van der Waals surface area (Å²) in [5.74, 6) is -0.0566. The maximum Gasteiger partial charge on any atom is 0.224 e. The van der Waals surface area contributed by atoms with Gasteiger partial charge in [0, 0.05) is 23.5 Å². The third-order valence-electron chi connectivity index (χ3n) is 2.23. The van der Waals surface area contributed by atoms with Crippen LogP contribution in [0.1, 0.15) is 23.2 Å². The molecule has 0 spiro atoms. The standard InChI is InChI=1S/C10H17N3OS/c1-3-8(4-11)10(14)13-6-9-12-5-7(2)15-9/h5,8H,3-4,6,11H2,1-2H3,(H,13,14). The predicted octanol–water partition coefficient (Wildman–Crippen LogP) is 1.05. The Bertz CT molecular complexity index is 320. The molecule has 0 radical (unpaired) electrons. The Labute approximate surface area is 93.9 Å². The van der Waals surface area contributed by atoms with Crippen molar-refractivity contribution in [2.24, 2.45) is 11.7 Å². The molecule has 0 aromatic carbocycles. The van der Waals surface area contributed by atoms with E-state index in [0.29, 0.717) is 13.1 Å². The molecule has 1 aromatic rings. The van der Waals surface area contributed by atoms with Crippen LogP contribution in [0.4, 0.5) is 0 Å². The van der Waals surface area contributed by atoms with Crippen molar-refractivity contribution in [1.29, 1.82) is 0 Å². The Balaban J connectivity index is 2.40. The molecule has 1 unspecified atom stereocenters. The van der Waals surface area contributed by atoms with Gasteiger partial charge in [0.25, 0.3) is 0 Å². The quantitative estimate of drug-likeness (QED) is 0.790. The van der Waals surface area contributed by atoms with E-state index in [-0.39, 0.29) is 11.8 Å². The lowest BCUT2D eigenvalue weighted by atomic mass is 10.1. The highest BCUT2D eigenvalue weighted by atomic mass is 32.1. The largest absolute Gasteiger partial charge is 0.349 e. The van der Waals surface area contributed by atoms with Gasteiger partial charge in [0.15, 0.2) is 0 Å². The van der Waals surface area contributed by atoms with E-state index in [1.54, 1.807) is 11.3 Å². The summed E-state index contributed by atoms with van der Waals surface area (Å²) in [6, 6.07) is 0. The van der Waals surface area contributed by atoms with Gasteiger partial charge in [0.1, 0.15) is 5.01 Å². The molecule has 4 nitrogen and oxygen atoms in total. The molecule has 1 aromatic heterocycles. The molecule has 0 aliphatic rings. The second kappa shape index (κ2) is 5.82. The van der Waals surface area contributed by atoms with Gasteiger partial charge in [-0.25, -0.2) is 4.98 Å². The van der Waals surface area contributed by atoms with Crippen molar-refractivity contribution in [2.45, 2.75) is 26.8 Å². The van der Waals surface area contributed by atoms with Crippen molar-refractivity contribution in [3.63, 3.8) is 0 Å². The number of hydrogen-bond donors (Lipinski definition) is 2. The summed E-state index contributed by atoms with van der Waals surface area (Å²) in [6.45, 7) is 4.87. The Hall–Kier alpha value is -0.940. The number of thiazole rings is 1. The first kappa shape index (κ1) is 12.1. The van der Waals surface area contributed by atoms with Gasteiger partial charge < -0.3 is 11.1 Å². The van der Waals surface area contributed by atoms with Crippen LogP contribution in [-0.2, 0) is 11.3 Å². The van der Waals surface area contributed by atoms with E-state index in [2.05, 4.69) is 10.3 Å². The Kier molecular flexibility index (Phi) is 4.71. The van der Waals surface area contributed by atoms with Gasteiger partial charge in [0.2, 0.25) is 5.91 Å². The van der Waals surface area contributed by atoms with E-state index >= 15 is 0 Å². The molecule has 0 aliphatic carbocycles. The van der Waals surface area contributed by atoms with Crippen LogP contribution < -0.4 is 11.1 Å². The Morgan fingerprint density at radius 2 is 2.47 bits per heavy atom. The minimum Gasteiger partial charge on any atom is -0.349 e. The van der Waals surface area contributed by atoms with Crippen LogP contribution in [0, 0.1) is 12.8 Å². The van der Waals surface area contributed by atoms with Gasteiger partial charge in [-0.05, 0) is 13.3 Å². The summed E-state index contributed by atoms with van der Waals surface area (Å²) < 4.78 is 0.